The Hall–Kier alpha value is -0.0500. The van der Waals surface area contributed by atoms with Crippen molar-refractivity contribution in [3.8, 4) is 0 Å². The van der Waals surface area contributed by atoms with Gasteiger partial charge in [-0.3, -0.25) is 0 Å². The number of rotatable bonds is 3. The van der Waals surface area contributed by atoms with Crippen LogP contribution in [0.2, 0.25) is 4.34 Å². The molecule has 1 rings (SSSR count). The SMILES string of the molecule is CCCC(N)c1ccc(Cl)s1. The molecule has 62 valence electrons. The zero-order chi connectivity index (χ0) is 8.27. The average molecular weight is 190 g/mol. The van der Waals surface area contributed by atoms with Crippen molar-refractivity contribution in [3.63, 3.8) is 0 Å². The van der Waals surface area contributed by atoms with Crippen LogP contribution in [0.15, 0.2) is 12.1 Å². The largest absolute Gasteiger partial charge is 0.323 e. The molecule has 0 amide bonds. The van der Waals surface area contributed by atoms with E-state index in [1.54, 1.807) is 11.3 Å². The van der Waals surface area contributed by atoms with E-state index < -0.39 is 0 Å². The van der Waals surface area contributed by atoms with Crippen LogP contribution in [0, 0.1) is 0 Å². The zero-order valence-electron chi connectivity index (χ0n) is 6.51. The van der Waals surface area contributed by atoms with Crippen molar-refractivity contribution in [2.45, 2.75) is 25.8 Å². The van der Waals surface area contributed by atoms with E-state index in [2.05, 4.69) is 6.92 Å². The smallest absolute Gasteiger partial charge is 0.0931 e. The molecule has 0 radical (unpaired) electrons. The topological polar surface area (TPSA) is 26.0 Å². The standard InChI is InChI=1S/C8H12ClNS/c1-2-3-6(10)7-4-5-8(9)11-7/h4-6H,2-3,10H2,1H3. The third-order valence-electron chi connectivity index (χ3n) is 1.56. The first kappa shape index (κ1) is 9.04. The Morgan fingerprint density at radius 1 is 1.64 bits per heavy atom. The molecule has 11 heavy (non-hydrogen) atoms. The predicted molar refractivity (Wildman–Crippen MR) is 51.2 cm³/mol. The van der Waals surface area contributed by atoms with Gasteiger partial charge in [-0.05, 0) is 18.6 Å². The minimum Gasteiger partial charge on any atom is -0.323 e. The van der Waals surface area contributed by atoms with Gasteiger partial charge in [-0.1, -0.05) is 24.9 Å². The van der Waals surface area contributed by atoms with Crippen molar-refractivity contribution in [1.82, 2.24) is 0 Å². The van der Waals surface area contributed by atoms with Crippen LogP contribution in [0.4, 0.5) is 0 Å². The lowest BCUT2D eigenvalue weighted by molar-refractivity contribution is 0.648. The molecule has 0 bridgehead atoms. The highest BCUT2D eigenvalue weighted by Crippen LogP contribution is 2.27. The summed E-state index contributed by atoms with van der Waals surface area (Å²) in [6.45, 7) is 2.13. The third kappa shape index (κ3) is 2.47. The monoisotopic (exact) mass is 189 g/mol. The van der Waals surface area contributed by atoms with Gasteiger partial charge in [0.05, 0.1) is 4.34 Å². The van der Waals surface area contributed by atoms with E-state index in [1.165, 1.54) is 4.88 Å². The first-order chi connectivity index (χ1) is 5.24. The zero-order valence-corrected chi connectivity index (χ0v) is 8.08. The fourth-order valence-electron chi connectivity index (χ4n) is 0.981. The normalized spacial score (nSPS) is 13.4. The molecular weight excluding hydrogens is 178 g/mol. The maximum absolute atomic E-state index is 5.87. The molecular formula is C8H12ClNS. The van der Waals surface area contributed by atoms with Gasteiger partial charge in [0, 0.05) is 10.9 Å². The van der Waals surface area contributed by atoms with Crippen LogP contribution in [-0.2, 0) is 0 Å². The molecule has 0 spiro atoms. The lowest BCUT2D eigenvalue weighted by Gasteiger charge is -2.05. The van der Waals surface area contributed by atoms with Gasteiger partial charge >= 0.3 is 0 Å². The Morgan fingerprint density at radius 2 is 2.36 bits per heavy atom. The summed E-state index contributed by atoms with van der Waals surface area (Å²) in [6.07, 6.45) is 2.16. The summed E-state index contributed by atoms with van der Waals surface area (Å²) in [6, 6.07) is 4.09. The highest BCUT2D eigenvalue weighted by atomic mass is 35.5. The first-order valence-electron chi connectivity index (χ1n) is 3.75. The molecule has 0 aliphatic heterocycles. The van der Waals surface area contributed by atoms with Gasteiger partial charge in [0.2, 0.25) is 0 Å². The molecule has 0 fully saturated rings. The Bertz CT molecular complexity index is 222. The summed E-state index contributed by atoms with van der Waals surface area (Å²) in [5, 5.41) is 0. The van der Waals surface area contributed by atoms with Gasteiger partial charge in [0.15, 0.2) is 0 Å². The summed E-state index contributed by atoms with van der Waals surface area (Å²) in [5.74, 6) is 0. The lowest BCUT2D eigenvalue weighted by Crippen LogP contribution is -2.07. The van der Waals surface area contributed by atoms with Gasteiger partial charge in [0.25, 0.3) is 0 Å². The third-order valence-corrected chi connectivity index (χ3v) is 2.92. The molecule has 2 N–H and O–H groups in total. The van der Waals surface area contributed by atoms with Crippen LogP contribution in [-0.4, -0.2) is 0 Å². The number of thiophene rings is 1. The Balaban J connectivity index is 2.60. The van der Waals surface area contributed by atoms with E-state index in [-0.39, 0.29) is 6.04 Å². The molecule has 1 heterocycles. The van der Waals surface area contributed by atoms with Crippen molar-refractivity contribution in [2.24, 2.45) is 5.73 Å². The molecule has 0 aliphatic rings. The molecule has 0 aromatic carbocycles. The Morgan fingerprint density at radius 3 is 2.82 bits per heavy atom. The summed E-state index contributed by atoms with van der Waals surface area (Å²) in [5.41, 5.74) is 5.87. The quantitative estimate of drug-likeness (QED) is 0.777. The van der Waals surface area contributed by atoms with Gasteiger partial charge < -0.3 is 5.73 Å². The molecule has 1 unspecified atom stereocenters. The van der Waals surface area contributed by atoms with Crippen LogP contribution in [0.5, 0.6) is 0 Å². The molecule has 3 heteroatoms. The highest BCUT2D eigenvalue weighted by Gasteiger charge is 2.06. The Labute approximate surface area is 76.2 Å². The van der Waals surface area contributed by atoms with Crippen molar-refractivity contribution in [2.75, 3.05) is 0 Å². The van der Waals surface area contributed by atoms with E-state index in [9.17, 15) is 0 Å². The molecule has 1 aromatic heterocycles. The maximum atomic E-state index is 5.87. The molecule has 0 saturated carbocycles. The van der Waals surface area contributed by atoms with E-state index in [4.69, 9.17) is 17.3 Å². The predicted octanol–water partition coefficient (Wildman–Crippen LogP) is 3.20. The molecule has 0 saturated heterocycles. The van der Waals surface area contributed by atoms with Crippen molar-refractivity contribution in [1.29, 1.82) is 0 Å². The van der Waals surface area contributed by atoms with Crippen molar-refractivity contribution >= 4 is 22.9 Å². The lowest BCUT2D eigenvalue weighted by atomic mass is 10.1. The van der Waals surface area contributed by atoms with Gasteiger partial charge in [0.1, 0.15) is 0 Å². The minimum absolute atomic E-state index is 0.178. The molecule has 1 atom stereocenters. The number of nitrogens with two attached hydrogens (primary N) is 1. The minimum atomic E-state index is 0.178. The van der Waals surface area contributed by atoms with E-state index in [0.717, 1.165) is 17.2 Å². The van der Waals surface area contributed by atoms with Gasteiger partial charge in [-0.2, -0.15) is 0 Å². The van der Waals surface area contributed by atoms with Crippen LogP contribution in [0.1, 0.15) is 30.7 Å². The fraction of sp³-hybridized carbons (Fsp3) is 0.500. The Kier molecular flexibility index (Phi) is 3.37. The van der Waals surface area contributed by atoms with Crippen molar-refractivity contribution < 1.29 is 0 Å². The average Bonchev–Trinajstić information content (AvgIpc) is 2.36. The fourth-order valence-corrected chi connectivity index (χ4v) is 2.08. The highest BCUT2D eigenvalue weighted by molar-refractivity contribution is 7.16. The summed E-state index contributed by atoms with van der Waals surface area (Å²) in [4.78, 5) is 1.19. The summed E-state index contributed by atoms with van der Waals surface area (Å²) in [7, 11) is 0. The summed E-state index contributed by atoms with van der Waals surface area (Å²) >= 11 is 7.34. The number of hydrogen-bond donors (Lipinski definition) is 1. The van der Waals surface area contributed by atoms with Gasteiger partial charge in [-0.25, -0.2) is 0 Å². The van der Waals surface area contributed by atoms with E-state index in [0.29, 0.717) is 0 Å². The number of halogens is 1. The molecule has 1 aromatic rings. The molecule has 0 aliphatic carbocycles. The van der Waals surface area contributed by atoms with Crippen LogP contribution in [0.3, 0.4) is 0 Å². The summed E-state index contributed by atoms with van der Waals surface area (Å²) < 4.78 is 0.826. The first-order valence-corrected chi connectivity index (χ1v) is 4.94. The van der Waals surface area contributed by atoms with Crippen LogP contribution < -0.4 is 5.73 Å². The van der Waals surface area contributed by atoms with Crippen LogP contribution >= 0.6 is 22.9 Å². The molecule has 1 nitrogen and oxygen atoms in total. The number of hydrogen-bond acceptors (Lipinski definition) is 2. The van der Waals surface area contributed by atoms with Crippen LogP contribution in [0.25, 0.3) is 0 Å². The van der Waals surface area contributed by atoms with Gasteiger partial charge in [-0.15, -0.1) is 11.3 Å². The second kappa shape index (κ2) is 4.10. The van der Waals surface area contributed by atoms with E-state index in [1.807, 2.05) is 12.1 Å². The second-order valence-electron chi connectivity index (χ2n) is 2.54. The van der Waals surface area contributed by atoms with Crippen molar-refractivity contribution in [3.05, 3.63) is 21.3 Å². The maximum Gasteiger partial charge on any atom is 0.0931 e. The second-order valence-corrected chi connectivity index (χ2v) is 4.28. The van der Waals surface area contributed by atoms with E-state index >= 15 is 0 Å².